The molecule has 0 fully saturated rings. The molecule has 4 heteroatoms. The van der Waals surface area contributed by atoms with Crippen LogP contribution < -0.4 is 5.73 Å². The van der Waals surface area contributed by atoms with Gasteiger partial charge in [0.25, 0.3) is 0 Å². The summed E-state index contributed by atoms with van der Waals surface area (Å²) >= 11 is 0. The lowest BCUT2D eigenvalue weighted by Gasteiger charge is -2.23. The van der Waals surface area contributed by atoms with E-state index in [1.165, 1.54) is 0 Å². The van der Waals surface area contributed by atoms with Gasteiger partial charge in [-0.15, -0.1) is 0 Å². The van der Waals surface area contributed by atoms with Crippen LogP contribution in [0, 0.1) is 0 Å². The van der Waals surface area contributed by atoms with Crippen molar-refractivity contribution in [3.63, 3.8) is 0 Å². The number of hydrogen-bond donors (Lipinski definition) is 1. The molecule has 16 heavy (non-hydrogen) atoms. The van der Waals surface area contributed by atoms with E-state index in [4.69, 9.17) is 15.2 Å². The van der Waals surface area contributed by atoms with E-state index in [9.17, 15) is 0 Å². The first-order valence-electron chi connectivity index (χ1n) is 6.20. The molecular weight excluding hydrogens is 204 g/mol. The lowest BCUT2D eigenvalue weighted by Crippen LogP contribution is -2.33. The van der Waals surface area contributed by atoms with E-state index in [1.807, 2.05) is 0 Å². The minimum absolute atomic E-state index is 0.326. The second kappa shape index (κ2) is 11.3. The van der Waals surface area contributed by atoms with Crippen molar-refractivity contribution in [1.29, 1.82) is 0 Å². The van der Waals surface area contributed by atoms with E-state index in [2.05, 4.69) is 11.8 Å². The first-order chi connectivity index (χ1) is 7.74. The highest BCUT2D eigenvalue weighted by Crippen LogP contribution is 1.99. The lowest BCUT2D eigenvalue weighted by atomic mass is 10.1. The Labute approximate surface area is 100 Å². The first-order valence-corrected chi connectivity index (χ1v) is 6.20. The number of rotatable bonds is 11. The molecule has 0 aromatic carbocycles. The summed E-state index contributed by atoms with van der Waals surface area (Å²) in [5.41, 5.74) is 5.92. The molecule has 0 aromatic heterocycles. The maximum atomic E-state index is 5.92. The molecule has 2 N–H and O–H groups in total. The van der Waals surface area contributed by atoms with Crippen LogP contribution in [0.3, 0.4) is 0 Å². The van der Waals surface area contributed by atoms with E-state index in [1.54, 1.807) is 14.2 Å². The summed E-state index contributed by atoms with van der Waals surface area (Å²) in [5.74, 6) is 0. The fourth-order valence-electron chi connectivity index (χ4n) is 1.54. The average molecular weight is 232 g/mol. The third kappa shape index (κ3) is 9.09. The van der Waals surface area contributed by atoms with Gasteiger partial charge >= 0.3 is 0 Å². The van der Waals surface area contributed by atoms with Crippen LogP contribution in [-0.2, 0) is 9.47 Å². The predicted molar refractivity (Wildman–Crippen MR) is 67.7 cm³/mol. The third-order valence-electron chi connectivity index (χ3n) is 2.77. The topological polar surface area (TPSA) is 47.7 Å². The zero-order chi connectivity index (χ0) is 12.2. The van der Waals surface area contributed by atoms with Crippen LogP contribution in [0.2, 0.25) is 0 Å². The van der Waals surface area contributed by atoms with Crippen molar-refractivity contribution in [2.24, 2.45) is 5.73 Å². The summed E-state index contributed by atoms with van der Waals surface area (Å²) in [6, 6.07) is 0.326. The molecule has 98 valence electrons. The Kier molecular flexibility index (Phi) is 11.2. The van der Waals surface area contributed by atoms with Crippen molar-refractivity contribution in [1.82, 2.24) is 4.90 Å². The SMILES string of the molecule is CCC(N)CCN(CCCOC)CCOC. The first kappa shape index (κ1) is 15.8. The normalized spacial score (nSPS) is 13.3. The van der Waals surface area contributed by atoms with Gasteiger partial charge in [0.15, 0.2) is 0 Å². The predicted octanol–water partition coefficient (Wildman–Crippen LogP) is 1.10. The van der Waals surface area contributed by atoms with Gasteiger partial charge in [-0.1, -0.05) is 6.92 Å². The second-order valence-electron chi connectivity index (χ2n) is 4.14. The number of nitrogens with zero attached hydrogens (tertiary/aromatic N) is 1. The maximum Gasteiger partial charge on any atom is 0.0589 e. The van der Waals surface area contributed by atoms with Crippen molar-refractivity contribution < 1.29 is 9.47 Å². The van der Waals surface area contributed by atoms with Crippen LogP contribution in [0.5, 0.6) is 0 Å². The molecule has 4 nitrogen and oxygen atoms in total. The van der Waals surface area contributed by atoms with Crippen molar-refractivity contribution in [2.75, 3.05) is 47.1 Å². The lowest BCUT2D eigenvalue weighted by molar-refractivity contribution is 0.130. The van der Waals surface area contributed by atoms with Gasteiger partial charge in [0, 0.05) is 40.0 Å². The van der Waals surface area contributed by atoms with Crippen LogP contribution >= 0.6 is 0 Å². The van der Waals surface area contributed by atoms with Crippen molar-refractivity contribution >= 4 is 0 Å². The van der Waals surface area contributed by atoms with Gasteiger partial charge in [-0.25, -0.2) is 0 Å². The molecule has 0 aliphatic rings. The molecule has 0 heterocycles. The fourth-order valence-corrected chi connectivity index (χ4v) is 1.54. The van der Waals surface area contributed by atoms with E-state index in [-0.39, 0.29) is 0 Å². The van der Waals surface area contributed by atoms with E-state index in [0.29, 0.717) is 6.04 Å². The summed E-state index contributed by atoms with van der Waals surface area (Å²) in [6.07, 6.45) is 3.19. The Bertz CT molecular complexity index is 145. The summed E-state index contributed by atoms with van der Waals surface area (Å²) in [4.78, 5) is 2.40. The zero-order valence-corrected chi connectivity index (χ0v) is 11.1. The molecular formula is C12H28N2O2. The molecule has 1 atom stereocenters. The van der Waals surface area contributed by atoms with E-state index < -0.39 is 0 Å². The van der Waals surface area contributed by atoms with Gasteiger partial charge in [-0.2, -0.15) is 0 Å². The van der Waals surface area contributed by atoms with Gasteiger partial charge in [-0.05, 0) is 25.8 Å². The molecule has 0 aromatic rings. The summed E-state index contributed by atoms with van der Waals surface area (Å²) in [7, 11) is 3.48. The van der Waals surface area contributed by atoms with Crippen LogP contribution in [0.1, 0.15) is 26.2 Å². The second-order valence-corrected chi connectivity index (χ2v) is 4.14. The molecule has 0 amide bonds. The number of ether oxygens (including phenoxy) is 2. The van der Waals surface area contributed by atoms with Crippen molar-refractivity contribution in [2.45, 2.75) is 32.2 Å². The van der Waals surface area contributed by atoms with E-state index >= 15 is 0 Å². The summed E-state index contributed by atoms with van der Waals surface area (Å²) in [6.45, 7) is 6.85. The largest absolute Gasteiger partial charge is 0.385 e. The Morgan fingerprint density at radius 1 is 1.06 bits per heavy atom. The van der Waals surface area contributed by atoms with Gasteiger partial charge in [0.2, 0.25) is 0 Å². The van der Waals surface area contributed by atoms with Crippen molar-refractivity contribution in [3.05, 3.63) is 0 Å². The molecule has 0 saturated heterocycles. The van der Waals surface area contributed by atoms with Gasteiger partial charge < -0.3 is 20.1 Å². The minimum atomic E-state index is 0.326. The minimum Gasteiger partial charge on any atom is -0.385 e. The monoisotopic (exact) mass is 232 g/mol. The van der Waals surface area contributed by atoms with Gasteiger partial charge in [0.05, 0.1) is 6.61 Å². The highest BCUT2D eigenvalue weighted by molar-refractivity contribution is 4.64. The molecule has 0 radical (unpaired) electrons. The van der Waals surface area contributed by atoms with Crippen molar-refractivity contribution in [3.8, 4) is 0 Å². The quantitative estimate of drug-likeness (QED) is 0.542. The average Bonchev–Trinajstić information content (AvgIpc) is 2.31. The Hall–Kier alpha value is -0.160. The fraction of sp³-hybridized carbons (Fsp3) is 1.00. The van der Waals surface area contributed by atoms with Crippen LogP contribution in [0.15, 0.2) is 0 Å². The molecule has 0 spiro atoms. The highest BCUT2D eigenvalue weighted by atomic mass is 16.5. The third-order valence-corrected chi connectivity index (χ3v) is 2.77. The van der Waals surface area contributed by atoms with Gasteiger partial charge in [-0.3, -0.25) is 0 Å². The van der Waals surface area contributed by atoms with Crippen LogP contribution in [0.25, 0.3) is 0 Å². The number of nitrogens with two attached hydrogens (primary N) is 1. The number of methoxy groups -OCH3 is 2. The molecule has 0 rings (SSSR count). The zero-order valence-electron chi connectivity index (χ0n) is 11.1. The number of hydrogen-bond acceptors (Lipinski definition) is 4. The van der Waals surface area contributed by atoms with E-state index in [0.717, 1.165) is 52.1 Å². The Balaban J connectivity index is 3.70. The Morgan fingerprint density at radius 3 is 2.31 bits per heavy atom. The maximum absolute atomic E-state index is 5.92. The Morgan fingerprint density at radius 2 is 1.75 bits per heavy atom. The summed E-state index contributed by atoms with van der Waals surface area (Å²) in [5, 5.41) is 0. The molecule has 0 aliphatic heterocycles. The molecule has 0 saturated carbocycles. The van der Waals surface area contributed by atoms with Gasteiger partial charge in [0.1, 0.15) is 0 Å². The summed E-state index contributed by atoms with van der Waals surface area (Å²) < 4.78 is 10.2. The van der Waals surface area contributed by atoms with Crippen LogP contribution in [0.4, 0.5) is 0 Å². The molecule has 0 bridgehead atoms. The molecule has 0 aliphatic carbocycles. The highest BCUT2D eigenvalue weighted by Gasteiger charge is 2.06. The smallest absolute Gasteiger partial charge is 0.0589 e. The molecule has 1 unspecified atom stereocenters. The standard InChI is InChI=1S/C12H28N2O2/c1-4-12(13)6-8-14(9-11-16-3)7-5-10-15-2/h12H,4-11,13H2,1-3H3. The van der Waals surface area contributed by atoms with Crippen LogP contribution in [-0.4, -0.2) is 58.0 Å².